The average Bonchev–Trinajstić information content (AvgIpc) is 3.22. The van der Waals surface area contributed by atoms with Gasteiger partial charge in [0.1, 0.15) is 6.10 Å². The number of carbonyl (C=O) groups is 3. The topological polar surface area (TPSA) is 81.7 Å². The van der Waals surface area contributed by atoms with Crippen molar-refractivity contribution in [2.75, 3.05) is 6.61 Å². The molecule has 0 radical (unpaired) electrons. The zero-order valence-electron chi connectivity index (χ0n) is 14.0. The van der Waals surface area contributed by atoms with E-state index >= 15 is 0 Å². The van der Waals surface area contributed by atoms with Gasteiger partial charge in [0, 0.05) is 5.92 Å². The Balaban J connectivity index is 1.30. The third-order valence-electron chi connectivity index (χ3n) is 5.78. The van der Waals surface area contributed by atoms with Gasteiger partial charge in [-0.15, -0.1) is 0 Å². The van der Waals surface area contributed by atoms with Crippen LogP contribution in [0.1, 0.15) is 31.4 Å². The molecule has 1 heterocycles. The molecule has 6 heteroatoms. The molecular weight excluding hydrogens is 322 g/mol. The van der Waals surface area contributed by atoms with Gasteiger partial charge in [0.05, 0.1) is 17.9 Å². The van der Waals surface area contributed by atoms with E-state index in [9.17, 15) is 14.4 Å². The fraction of sp³-hybridized carbons (Fsp3) is 0.526. The lowest BCUT2D eigenvalue weighted by Gasteiger charge is -2.22. The van der Waals surface area contributed by atoms with Crippen LogP contribution in [0.25, 0.3) is 0 Å². The molecule has 1 aliphatic heterocycles. The maximum atomic E-state index is 12.4. The molecule has 132 valence electrons. The lowest BCUT2D eigenvalue weighted by molar-refractivity contribution is -0.158. The van der Waals surface area contributed by atoms with Crippen LogP contribution in [0.2, 0.25) is 0 Å². The molecule has 2 bridgehead atoms. The summed E-state index contributed by atoms with van der Waals surface area (Å²) in [5.41, 5.74) is 0.982. The maximum Gasteiger partial charge on any atom is 0.310 e. The summed E-state index contributed by atoms with van der Waals surface area (Å²) in [5, 5.41) is 2.81. The van der Waals surface area contributed by atoms with Crippen LogP contribution in [-0.2, 0) is 23.9 Å². The smallest absolute Gasteiger partial charge is 0.310 e. The van der Waals surface area contributed by atoms with Crippen molar-refractivity contribution in [1.29, 1.82) is 0 Å². The second-order valence-corrected chi connectivity index (χ2v) is 7.23. The minimum absolute atomic E-state index is 0.0124. The van der Waals surface area contributed by atoms with Crippen LogP contribution in [0.15, 0.2) is 30.3 Å². The van der Waals surface area contributed by atoms with E-state index in [0.29, 0.717) is 0 Å². The fourth-order valence-corrected chi connectivity index (χ4v) is 4.67. The number of esters is 2. The van der Waals surface area contributed by atoms with Crippen LogP contribution >= 0.6 is 0 Å². The lowest BCUT2D eigenvalue weighted by Crippen LogP contribution is -2.36. The van der Waals surface area contributed by atoms with Gasteiger partial charge >= 0.3 is 11.9 Å². The molecule has 0 spiro atoms. The summed E-state index contributed by atoms with van der Waals surface area (Å²) in [6, 6.07) is 9.40. The Morgan fingerprint density at radius 1 is 1.28 bits per heavy atom. The number of amides is 1. The van der Waals surface area contributed by atoms with E-state index in [1.807, 2.05) is 37.3 Å². The second kappa shape index (κ2) is 6.17. The fourth-order valence-electron chi connectivity index (χ4n) is 4.67. The Morgan fingerprint density at radius 3 is 2.80 bits per heavy atom. The van der Waals surface area contributed by atoms with Crippen molar-refractivity contribution in [2.24, 2.45) is 23.7 Å². The van der Waals surface area contributed by atoms with Gasteiger partial charge < -0.3 is 14.8 Å². The van der Waals surface area contributed by atoms with Crippen LogP contribution < -0.4 is 5.32 Å². The Morgan fingerprint density at radius 2 is 2.04 bits per heavy atom. The highest BCUT2D eigenvalue weighted by Crippen LogP contribution is 2.57. The molecule has 1 aromatic rings. The normalized spacial score (nSPS) is 33.0. The first-order valence-electron chi connectivity index (χ1n) is 8.76. The SMILES string of the molecule is C[C@H](NC(=O)COC(=O)[C@@H]1[C@@H]2C[C@@H]3[C@H]1C(=O)O[C@H]3C2)c1ccccc1. The Kier molecular flexibility index (Phi) is 3.98. The zero-order valence-corrected chi connectivity index (χ0v) is 14.0. The quantitative estimate of drug-likeness (QED) is 0.822. The minimum Gasteiger partial charge on any atom is -0.462 e. The third-order valence-corrected chi connectivity index (χ3v) is 5.78. The molecule has 2 saturated carbocycles. The van der Waals surface area contributed by atoms with Gasteiger partial charge in [-0.25, -0.2) is 0 Å². The first kappa shape index (κ1) is 16.1. The number of carbonyl (C=O) groups excluding carboxylic acids is 3. The summed E-state index contributed by atoms with van der Waals surface area (Å²) >= 11 is 0. The molecule has 25 heavy (non-hydrogen) atoms. The standard InChI is InChI=1S/C19H21NO5/c1-10(11-5-3-2-4-6-11)20-15(21)9-24-18(22)16-12-7-13-14(8-12)25-19(23)17(13)16/h2-6,10,12-14,16-17H,7-9H2,1H3,(H,20,21)/t10-,12+,13-,14-,16+,17+/m0/s1. The van der Waals surface area contributed by atoms with E-state index < -0.39 is 11.9 Å². The van der Waals surface area contributed by atoms with Crippen molar-refractivity contribution < 1.29 is 23.9 Å². The molecule has 3 aliphatic rings. The first-order valence-corrected chi connectivity index (χ1v) is 8.76. The minimum atomic E-state index is -0.449. The highest BCUT2D eigenvalue weighted by molar-refractivity contribution is 5.87. The summed E-state index contributed by atoms with van der Waals surface area (Å²) in [5.74, 6) is -1.60. The van der Waals surface area contributed by atoms with Crippen molar-refractivity contribution in [3.63, 3.8) is 0 Å². The number of hydrogen-bond acceptors (Lipinski definition) is 5. The predicted molar refractivity (Wildman–Crippen MR) is 87.0 cm³/mol. The van der Waals surface area contributed by atoms with E-state index in [4.69, 9.17) is 9.47 Å². The summed E-state index contributed by atoms with van der Waals surface area (Å²) in [6.45, 7) is 1.55. The molecule has 1 N–H and O–H groups in total. The van der Waals surface area contributed by atoms with Gasteiger partial charge in [0.2, 0.25) is 0 Å². The summed E-state index contributed by atoms with van der Waals surface area (Å²) in [4.78, 5) is 36.4. The molecule has 3 fully saturated rings. The third kappa shape index (κ3) is 2.79. The Labute approximate surface area is 145 Å². The molecule has 4 rings (SSSR count). The molecule has 2 aliphatic carbocycles. The largest absolute Gasteiger partial charge is 0.462 e. The van der Waals surface area contributed by atoms with Gasteiger partial charge in [-0.1, -0.05) is 30.3 Å². The Hall–Kier alpha value is -2.37. The Bertz CT molecular complexity index is 701. The van der Waals surface area contributed by atoms with E-state index in [0.717, 1.165) is 18.4 Å². The molecule has 0 unspecified atom stereocenters. The highest BCUT2D eigenvalue weighted by Gasteiger charge is 2.64. The lowest BCUT2D eigenvalue weighted by atomic mass is 9.80. The van der Waals surface area contributed by atoms with E-state index in [1.54, 1.807) is 0 Å². The van der Waals surface area contributed by atoms with Crippen molar-refractivity contribution in [1.82, 2.24) is 5.32 Å². The van der Waals surface area contributed by atoms with Gasteiger partial charge in [-0.2, -0.15) is 0 Å². The molecule has 6 nitrogen and oxygen atoms in total. The summed E-state index contributed by atoms with van der Waals surface area (Å²) in [7, 11) is 0. The number of benzene rings is 1. The van der Waals surface area contributed by atoms with Gasteiger partial charge in [-0.05, 0) is 31.2 Å². The number of nitrogens with one attached hydrogen (secondary N) is 1. The van der Waals surface area contributed by atoms with E-state index in [1.165, 1.54) is 0 Å². The predicted octanol–water partition coefficient (Wildman–Crippen LogP) is 1.60. The molecule has 1 saturated heterocycles. The first-order chi connectivity index (χ1) is 12.0. The average molecular weight is 343 g/mol. The van der Waals surface area contributed by atoms with Crippen molar-refractivity contribution in [3.8, 4) is 0 Å². The monoisotopic (exact) mass is 343 g/mol. The summed E-state index contributed by atoms with van der Waals surface area (Å²) in [6.07, 6.45) is 1.57. The molecule has 0 aromatic heterocycles. The van der Waals surface area contributed by atoms with Gasteiger partial charge in [0.15, 0.2) is 6.61 Å². The van der Waals surface area contributed by atoms with Crippen molar-refractivity contribution in [3.05, 3.63) is 35.9 Å². The van der Waals surface area contributed by atoms with E-state index in [2.05, 4.69) is 5.32 Å². The molecule has 6 atom stereocenters. The van der Waals surface area contributed by atoms with Crippen LogP contribution in [0.4, 0.5) is 0 Å². The van der Waals surface area contributed by atoms with Gasteiger partial charge in [0.25, 0.3) is 5.91 Å². The molecular formula is C19H21NO5. The molecule has 1 amide bonds. The summed E-state index contributed by atoms with van der Waals surface area (Å²) < 4.78 is 10.5. The van der Waals surface area contributed by atoms with Crippen LogP contribution in [0, 0.1) is 23.7 Å². The van der Waals surface area contributed by atoms with Crippen LogP contribution in [-0.4, -0.2) is 30.6 Å². The van der Waals surface area contributed by atoms with Crippen LogP contribution in [0.5, 0.6) is 0 Å². The number of fused-ring (bicyclic) bond motifs is 1. The zero-order chi connectivity index (χ0) is 17.6. The highest BCUT2D eigenvalue weighted by atomic mass is 16.6. The number of rotatable bonds is 5. The maximum absolute atomic E-state index is 12.4. The second-order valence-electron chi connectivity index (χ2n) is 7.23. The number of ether oxygens (including phenoxy) is 2. The van der Waals surface area contributed by atoms with E-state index in [-0.39, 0.29) is 48.4 Å². The molecule has 1 aromatic carbocycles. The van der Waals surface area contributed by atoms with Crippen molar-refractivity contribution >= 4 is 17.8 Å². The van der Waals surface area contributed by atoms with Gasteiger partial charge in [-0.3, -0.25) is 14.4 Å². The van der Waals surface area contributed by atoms with Crippen molar-refractivity contribution in [2.45, 2.75) is 31.9 Å². The number of hydrogen-bond donors (Lipinski definition) is 1. The van der Waals surface area contributed by atoms with Crippen LogP contribution in [0.3, 0.4) is 0 Å².